The summed E-state index contributed by atoms with van der Waals surface area (Å²) < 4.78 is 17.6. The van der Waals surface area contributed by atoms with Crippen LogP contribution in [0.2, 0.25) is 0 Å². The minimum atomic E-state index is -0.137. The van der Waals surface area contributed by atoms with Gasteiger partial charge in [-0.25, -0.2) is 0 Å². The summed E-state index contributed by atoms with van der Waals surface area (Å²) in [4.78, 5) is 12.4. The molecule has 6 unspecified atom stereocenters. The first-order valence-corrected chi connectivity index (χ1v) is 9.57. The van der Waals surface area contributed by atoms with Crippen molar-refractivity contribution in [2.24, 2.45) is 17.8 Å². The zero-order valence-corrected chi connectivity index (χ0v) is 14.9. The Bertz CT molecular complexity index is 424. The molecule has 2 saturated carbocycles. The third kappa shape index (κ3) is 3.30. The second kappa shape index (κ2) is 7.10. The quantitative estimate of drug-likeness (QED) is 0.523. The molecule has 23 heavy (non-hydrogen) atoms. The third-order valence-electron chi connectivity index (χ3n) is 6.56. The molecule has 0 N–H and O–H groups in total. The molecule has 0 radical (unpaired) electrons. The monoisotopic (exact) mass is 324 g/mol. The largest absolute Gasteiger partial charge is 0.438 e. The molecule has 3 rings (SSSR count). The van der Waals surface area contributed by atoms with Crippen LogP contribution in [-0.4, -0.2) is 30.6 Å². The highest BCUT2D eigenvalue weighted by Gasteiger charge is 2.51. The van der Waals surface area contributed by atoms with Crippen molar-refractivity contribution in [3.8, 4) is 0 Å². The molecule has 1 saturated heterocycles. The van der Waals surface area contributed by atoms with Crippen LogP contribution in [0.3, 0.4) is 0 Å². The minimum Gasteiger partial charge on any atom is -0.438 e. The lowest BCUT2D eigenvalue weighted by atomic mass is 9.82. The standard InChI is InChI=1S/C19H32O4/c1-4-15-10-16(17(5-2)23-15)18(20)21-12-22-19(6-3)11-13-7-8-14(19)9-13/h13-17H,4-12H2,1-3H3. The van der Waals surface area contributed by atoms with Crippen LogP contribution in [0.5, 0.6) is 0 Å². The van der Waals surface area contributed by atoms with Crippen molar-refractivity contribution in [2.75, 3.05) is 6.79 Å². The molecule has 2 bridgehead atoms. The van der Waals surface area contributed by atoms with E-state index >= 15 is 0 Å². The van der Waals surface area contributed by atoms with E-state index in [4.69, 9.17) is 14.2 Å². The van der Waals surface area contributed by atoms with Crippen molar-refractivity contribution in [1.29, 1.82) is 0 Å². The Morgan fingerprint density at radius 1 is 1.17 bits per heavy atom. The van der Waals surface area contributed by atoms with Crippen molar-refractivity contribution >= 4 is 5.97 Å². The van der Waals surface area contributed by atoms with E-state index in [0.29, 0.717) is 5.92 Å². The molecular formula is C19H32O4. The summed E-state index contributed by atoms with van der Waals surface area (Å²) in [5.41, 5.74) is -0.0362. The van der Waals surface area contributed by atoms with Gasteiger partial charge in [-0.2, -0.15) is 0 Å². The lowest BCUT2D eigenvalue weighted by molar-refractivity contribution is -0.187. The number of hydrogen-bond acceptors (Lipinski definition) is 4. The molecule has 4 heteroatoms. The fourth-order valence-electron chi connectivity index (χ4n) is 5.14. The van der Waals surface area contributed by atoms with Gasteiger partial charge in [0.15, 0.2) is 6.79 Å². The number of ether oxygens (including phenoxy) is 3. The zero-order valence-electron chi connectivity index (χ0n) is 14.9. The van der Waals surface area contributed by atoms with E-state index in [1.807, 2.05) is 0 Å². The predicted octanol–water partition coefficient (Wildman–Crippen LogP) is 4.07. The zero-order chi connectivity index (χ0) is 16.4. The van der Waals surface area contributed by atoms with Gasteiger partial charge in [0.2, 0.25) is 0 Å². The van der Waals surface area contributed by atoms with Gasteiger partial charge in [-0.1, -0.05) is 20.8 Å². The van der Waals surface area contributed by atoms with Gasteiger partial charge in [0.25, 0.3) is 0 Å². The molecule has 3 aliphatic rings. The molecule has 2 aliphatic carbocycles. The first kappa shape index (κ1) is 17.2. The second-order valence-corrected chi connectivity index (χ2v) is 7.68. The van der Waals surface area contributed by atoms with Gasteiger partial charge in [-0.3, -0.25) is 4.79 Å². The Kier molecular flexibility index (Phi) is 5.32. The molecule has 132 valence electrons. The molecular weight excluding hydrogens is 292 g/mol. The number of esters is 1. The molecule has 0 aromatic carbocycles. The highest BCUT2D eigenvalue weighted by Crippen LogP contribution is 2.54. The van der Waals surface area contributed by atoms with Crippen LogP contribution in [0.4, 0.5) is 0 Å². The second-order valence-electron chi connectivity index (χ2n) is 7.68. The number of carbonyl (C=O) groups excluding carboxylic acids is 1. The summed E-state index contributed by atoms with van der Waals surface area (Å²) >= 11 is 0. The maximum absolute atomic E-state index is 12.4. The van der Waals surface area contributed by atoms with Gasteiger partial charge in [0.1, 0.15) is 0 Å². The first-order valence-electron chi connectivity index (χ1n) is 9.57. The summed E-state index contributed by atoms with van der Waals surface area (Å²) in [6.07, 6.45) is 8.91. The van der Waals surface area contributed by atoms with E-state index in [-0.39, 0.29) is 36.5 Å². The summed E-state index contributed by atoms with van der Waals surface area (Å²) in [5.74, 6) is 1.24. The molecule has 1 aliphatic heterocycles. The van der Waals surface area contributed by atoms with Gasteiger partial charge in [-0.05, 0) is 63.2 Å². The lowest BCUT2D eigenvalue weighted by Gasteiger charge is -2.36. The van der Waals surface area contributed by atoms with E-state index in [0.717, 1.165) is 38.0 Å². The maximum atomic E-state index is 12.4. The lowest BCUT2D eigenvalue weighted by Crippen LogP contribution is -2.39. The number of fused-ring (bicyclic) bond motifs is 2. The Morgan fingerprint density at radius 2 is 2.00 bits per heavy atom. The molecule has 0 aromatic rings. The van der Waals surface area contributed by atoms with Gasteiger partial charge in [0, 0.05) is 0 Å². The maximum Gasteiger partial charge on any atom is 0.313 e. The van der Waals surface area contributed by atoms with Crippen LogP contribution < -0.4 is 0 Å². The fourth-order valence-corrected chi connectivity index (χ4v) is 5.14. The topological polar surface area (TPSA) is 44.8 Å². The number of hydrogen-bond donors (Lipinski definition) is 0. The van der Waals surface area contributed by atoms with Gasteiger partial charge >= 0.3 is 5.97 Å². The molecule has 0 aromatic heterocycles. The molecule has 1 heterocycles. The number of rotatable bonds is 7. The highest BCUT2D eigenvalue weighted by molar-refractivity contribution is 5.73. The Hall–Kier alpha value is -0.610. The Labute approximate surface area is 140 Å². The van der Waals surface area contributed by atoms with Gasteiger partial charge < -0.3 is 14.2 Å². The molecule has 3 fully saturated rings. The van der Waals surface area contributed by atoms with Crippen LogP contribution in [-0.2, 0) is 19.0 Å². The summed E-state index contributed by atoms with van der Waals surface area (Å²) in [6.45, 7) is 6.49. The average Bonchev–Trinajstić information content (AvgIpc) is 3.28. The van der Waals surface area contributed by atoms with E-state index in [1.165, 1.54) is 19.3 Å². The van der Waals surface area contributed by atoms with Gasteiger partial charge in [0.05, 0.1) is 23.7 Å². The molecule has 4 nitrogen and oxygen atoms in total. The van der Waals surface area contributed by atoms with Crippen molar-refractivity contribution in [1.82, 2.24) is 0 Å². The van der Waals surface area contributed by atoms with Crippen LogP contribution in [0.25, 0.3) is 0 Å². The van der Waals surface area contributed by atoms with Crippen LogP contribution in [0.1, 0.15) is 72.1 Å². The molecule has 6 atom stereocenters. The summed E-state index contributed by atoms with van der Waals surface area (Å²) in [7, 11) is 0. The van der Waals surface area contributed by atoms with Crippen molar-refractivity contribution in [3.05, 3.63) is 0 Å². The van der Waals surface area contributed by atoms with E-state index in [1.54, 1.807) is 0 Å². The van der Waals surface area contributed by atoms with Crippen molar-refractivity contribution in [3.63, 3.8) is 0 Å². The Balaban J connectivity index is 1.49. The molecule has 0 amide bonds. The van der Waals surface area contributed by atoms with E-state index in [9.17, 15) is 4.79 Å². The summed E-state index contributed by atoms with van der Waals surface area (Å²) in [6, 6.07) is 0. The summed E-state index contributed by atoms with van der Waals surface area (Å²) in [5, 5.41) is 0. The fraction of sp³-hybridized carbons (Fsp3) is 0.947. The highest BCUT2D eigenvalue weighted by atomic mass is 16.7. The van der Waals surface area contributed by atoms with Crippen LogP contribution >= 0.6 is 0 Å². The van der Waals surface area contributed by atoms with Gasteiger partial charge in [-0.15, -0.1) is 0 Å². The van der Waals surface area contributed by atoms with Crippen LogP contribution in [0.15, 0.2) is 0 Å². The smallest absolute Gasteiger partial charge is 0.313 e. The SMILES string of the molecule is CCC1CC(C(=O)OCOC2(CC)CC3CCC2C3)C(CC)O1. The Morgan fingerprint density at radius 3 is 2.57 bits per heavy atom. The van der Waals surface area contributed by atoms with E-state index < -0.39 is 0 Å². The molecule has 0 spiro atoms. The predicted molar refractivity (Wildman–Crippen MR) is 87.9 cm³/mol. The van der Waals surface area contributed by atoms with Crippen molar-refractivity contribution in [2.45, 2.75) is 89.9 Å². The minimum absolute atomic E-state index is 0.00933. The average molecular weight is 324 g/mol. The first-order chi connectivity index (χ1) is 11.1. The van der Waals surface area contributed by atoms with Crippen LogP contribution in [0, 0.1) is 17.8 Å². The van der Waals surface area contributed by atoms with Crippen molar-refractivity contribution < 1.29 is 19.0 Å². The number of carbonyl (C=O) groups is 1. The third-order valence-corrected chi connectivity index (χ3v) is 6.56. The van der Waals surface area contributed by atoms with E-state index in [2.05, 4.69) is 20.8 Å². The normalized spacial score (nSPS) is 42.3.